The van der Waals surface area contributed by atoms with Gasteiger partial charge in [0.05, 0.1) is 18.5 Å². The maximum Gasteiger partial charge on any atom is 0.185 e. The number of methoxy groups -OCH3 is 1. The number of hydrogen-bond donors (Lipinski definition) is 1. The van der Waals surface area contributed by atoms with Crippen LogP contribution in [0.2, 0.25) is 0 Å². The molecule has 5 aromatic rings. The van der Waals surface area contributed by atoms with Crippen LogP contribution in [-0.4, -0.2) is 21.7 Å². The Bertz CT molecular complexity index is 1390. The molecule has 3 aromatic carbocycles. The van der Waals surface area contributed by atoms with Crippen molar-refractivity contribution in [3.8, 4) is 17.0 Å². The summed E-state index contributed by atoms with van der Waals surface area (Å²) in [5, 5.41) is 15.2. The molecule has 7 nitrogen and oxygen atoms in total. The fourth-order valence-electron chi connectivity index (χ4n) is 3.38. The van der Waals surface area contributed by atoms with Crippen LogP contribution in [0, 0.1) is 0 Å². The zero-order chi connectivity index (χ0) is 20.5. The van der Waals surface area contributed by atoms with Crippen LogP contribution in [0.25, 0.3) is 27.7 Å². The van der Waals surface area contributed by atoms with Crippen molar-refractivity contribution in [2.24, 2.45) is 10.2 Å². The van der Waals surface area contributed by atoms with Crippen LogP contribution in [0.5, 0.6) is 5.75 Å². The maximum atomic E-state index is 6.15. The molecule has 0 aliphatic rings. The van der Waals surface area contributed by atoms with E-state index in [4.69, 9.17) is 10.5 Å². The van der Waals surface area contributed by atoms with Gasteiger partial charge in [0.25, 0.3) is 0 Å². The second-order valence-corrected chi connectivity index (χ2v) is 6.76. The van der Waals surface area contributed by atoms with E-state index in [1.54, 1.807) is 17.8 Å². The standard InChI is InChI=1S/C23H18N6O/c1-30-19-10-9-15-13-17(8-7-16(15)14-19)20-11-12-25-23-21(22(24)28-29(20)23)27-26-18-5-3-2-4-6-18/h2-14H,1H3,(H2,24,28). The highest BCUT2D eigenvalue weighted by molar-refractivity contribution is 5.88. The van der Waals surface area contributed by atoms with E-state index in [1.807, 2.05) is 60.7 Å². The zero-order valence-electron chi connectivity index (χ0n) is 16.2. The van der Waals surface area contributed by atoms with Gasteiger partial charge < -0.3 is 10.5 Å². The fourth-order valence-corrected chi connectivity index (χ4v) is 3.38. The molecule has 2 aromatic heterocycles. The van der Waals surface area contributed by atoms with Crippen molar-refractivity contribution in [3.05, 3.63) is 79.0 Å². The van der Waals surface area contributed by atoms with E-state index in [0.717, 1.165) is 33.5 Å². The van der Waals surface area contributed by atoms with E-state index in [9.17, 15) is 0 Å². The Hall–Kier alpha value is -4.26. The normalized spacial score (nSPS) is 11.5. The quantitative estimate of drug-likeness (QED) is 0.404. The van der Waals surface area contributed by atoms with Gasteiger partial charge in [0.15, 0.2) is 17.2 Å². The van der Waals surface area contributed by atoms with Gasteiger partial charge in [-0.2, -0.15) is 5.11 Å². The van der Waals surface area contributed by atoms with Gasteiger partial charge in [-0.15, -0.1) is 10.2 Å². The second kappa shape index (κ2) is 7.29. The molecule has 2 heterocycles. The molecule has 0 saturated carbocycles. The van der Waals surface area contributed by atoms with E-state index in [1.165, 1.54) is 0 Å². The van der Waals surface area contributed by atoms with Crippen molar-refractivity contribution in [1.82, 2.24) is 14.6 Å². The van der Waals surface area contributed by atoms with Gasteiger partial charge in [-0.05, 0) is 47.2 Å². The van der Waals surface area contributed by atoms with Crippen LogP contribution < -0.4 is 10.5 Å². The summed E-state index contributed by atoms with van der Waals surface area (Å²) in [6.45, 7) is 0. The van der Waals surface area contributed by atoms with E-state index >= 15 is 0 Å². The first-order valence-electron chi connectivity index (χ1n) is 9.41. The minimum atomic E-state index is 0.278. The van der Waals surface area contributed by atoms with Gasteiger partial charge in [-0.1, -0.05) is 36.4 Å². The van der Waals surface area contributed by atoms with Gasteiger partial charge >= 0.3 is 0 Å². The predicted molar refractivity (Wildman–Crippen MR) is 118 cm³/mol. The molecule has 0 spiro atoms. The van der Waals surface area contributed by atoms with Gasteiger partial charge in [0.2, 0.25) is 0 Å². The summed E-state index contributed by atoms with van der Waals surface area (Å²) in [7, 11) is 1.66. The summed E-state index contributed by atoms with van der Waals surface area (Å²) in [6, 6.07) is 23.6. The third-order valence-corrected chi connectivity index (χ3v) is 4.89. The third-order valence-electron chi connectivity index (χ3n) is 4.89. The van der Waals surface area contributed by atoms with E-state index in [2.05, 4.69) is 32.4 Å². The minimum absolute atomic E-state index is 0.278. The fraction of sp³-hybridized carbons (Fsp3) is 0.0435. The van der Waals surface area contributed by atoms with Crippen molar-refractivity contribution in [1.29, 1.82) is 0 Å². The van der Waals surface area contributed by atoms with Gasteiger partial charge in [0.1, 0.15) is 5.75 Å². The van der Waals surface area contributed by atoms with Crippen molar-refractivity contribution in [3.63, 3.8) is 0 Å². The SMILES string of the molecule is COc1ccc2cc(-c3ccnc4c(N=Nc5ccccc5)c(N)nn34)ccc2c1. The van der Waals surface area contributed by atoms with Crippen LogP contribution in [-0.2, 0) is 0 Å². The summed E-state index contributed by atoms with van der Waals surface area (Å²) in [6.07, 6.45) is 1.73. The summed E-state index contributed by atoms with van der Waals surface area (Å²) in [5.41, 5.74) is 9.75. The number of aromatic nitrogens is 3. The Morgan fingerprint density at radius 3 is 2.53 bits per heavy atom. The van der Waals surface area contributed by atoms with E-state index in [-0.39, 0.29) is 5.82 Å². The molecule has 0 bridgehead atoms. The number of nitrogens with two attached hydrogens (primary N) is 1. The Balaban J connectivity index is 1.61. The Kier molecular flexibility index (Phi) is 4.33. The molecular weight excluding hydrogens is 376 g/mol. The highest BCUT2D eigenvalue weighted by Gasteiger charge is 2.15. The number of fused-ring (bicyclic) bond motifs is 2. The van der Waals surface area contributed by atoms with Crippen molar-refractivity contribution in [2.45, 2.75) is 0 Å². The largest absolute Gasteiger partial charge is 0.497 e. The predicted octanol–water partition coefficient (Wildman–Crippen LogP) is 5.56. The van der Waals surface area contributed by atoms with Crippen molar-refractivity contribution < 1.29 is 4.74 Å². The van der Waals surface area contributed by atoms with Crippen LogP contribution in [0.4, 0.5) is 17.2 Å². The Labute approximate surface area is 172 Å². The van der Waals surface area contributed by atoms with Crippen LogP contribution >= 0.6 is 0 Å². The monoisotopic (exact) mass is 394 g/mol. The molecule has 0 saturated heterocycles. The van der Waals surface area contributed by atoms with Gasteiger partial charge in [-0.3, -0.25) is 0 Å². The number of rotatable bonds is 4. The van der Waals surface area contributed by atoms with Gasteiger partial charge in [0, 0.05) is 11.8 Å². The zero-order valence-corrected chi connectivity index (χ0v) is 16.2. The number of anilines is 1. The second-order valence-electron chi connectivity index (χ2n) is 6.76. The topological polar surface area (TPSA) is 90.2 Å². The number of hydrogen-bond acceptors (Lipinski definition) is 6. The molecule has 0 unspecified atom stereocenters. The lowest BCUT2D eigenvalue weighted by Gasteiger charge is -2.07. The lowest BCUT2D eigenvalue weighted by molar-refractivity contribution is 0.415. The first kappa shape index (κ1) is 17.8. The molecule has 0 aliphatic carbocycles. The highest BCUT2D eigenvalue weighted by atomic mass is 16.5. The first-order chi connectivity index (χ1) is 14.7. The third kappa shape index (κ3) is 3.12. The Morgan fingerprint density at radius 2 is 1.70 bits per heavy atom. The van der Waals surface area contributed by atoms with E-state index in [0.29, 0.717) is 11.3 Å². The number of ether oxygens (including phenoxy) is 1. The molecule has 0 atom stereocenters. The molecule has 0 amide bonds. The summed E-state index contributed by atoms with van der Waals surface area (Å²) in [4.78, 5) is 4.44. The summed E-state index contributed by atoms with van der Waals surface area (Å²) >= 11 is 0. The Morgan fingerprint density at radius 1 is 0.900 bits per heavy atom. The summed E-state index contributed by atoms with van der Waals surface area (Å²) in [5.74, 6) is 1.11. The number of azo groups is 1. The van der Waals surface area contributed by atoms with Crippen LogP contribution in [0.15, 0.2) is 89.2 Å². The van der Waals surface area contributed by atoms with E-state index < -0.39 is 0 Å². The molecule has 7 heteroatoms. The average Bonchev–Trinajstić information content (AvgIpc) is 3.12. The number of benzene rings is 3. The lowest BCUT2D eigenvalue weighted by Crippen LogP contribution is -1.96. The molecule has 30 heavy (non-hydrogen) atoms. The molecular formula is C23H18N6O. The van der Waals surface area contributed by atoms with Gasteiger partial charge in [-0.25, -0.2) is 9.50 Å². The smallest absolute Gasteiger partial charge is 0.185 e. The summed E-state index contributed by atoms with van der Waals surface area (Å²) < 4.78 is 7.02. The molecule has 5 rings (SSSR count). The van der Waals surface area contributed by atoms with Crippen LogP contribution in [0.1, 0.15) is 0 Å². The first-order valence-corrected chi connectivity index (χ1v) is 9.41. The molecule has 0 fully saturated rings. The molecule has 2 N–H and O–H groups in total. The average molecular weight is 394 g/mol. The number of nitrogen functional groups attached to an aromatic ring is 1. The van der Waals surface area contributed by atoms with Crippen LogP contribution in [0.3, 0.4) is 0 Å². The molecule has 0 radical (unpaired) electrons. The molecule has 146 valence electrons. The lowest BCUT2D eigenvalue weighted by atomic mass is 10.0. The van der Waals surface area contributed by atoms with Crippen molar-refractivity contribution in [2.75, 3.05) is 12.8 Å². The minimum Gasteiger partial charge on any atom is -0.497 e. The van der Waals surface area contributed by atoms with Crippen molar-refractivity contribution >= 4 is 33.6 Å². The number of nitrogens with zero attached hydrogens (tertiary/aromatic N) is 5. The maximum absolute atomic E-state index is 6.15. The highest BCUT2D eigenvalue weighted by Crippen LogP contribution is 2.32. The molecule has 0 aliphatic heterocycles.